The molecule has 1 aliphatic carbocycles. The van der Waals surface area contributed by atoms with Crippen LogP contribution in [0.4, 0.5) is 0 Å². The quantitative estimate of drug-likeness (QED) is 0.423. The minimum absolute atomic E-state index is 0.142. The maximum absolute atomic E-state index is 13.8. The third kappa shape index (κ3) is 11.0. The van der Waals surface area contributed by atoms with Gasteiger partial charge in [-0.05, 0) is 64.0 Å². The minimum Gasteiger partial charge on any atom is -0.492 e. The van der Waals surface area contributed by atoms with Crippen molar-refractivity contribution in [1.29, 1.82) is 0 Å². The molecule has 3 amide bonds. The molecule has 2 atom stereocenters. The van der Waals surface area contributed by atoms with E-state index in [1.807, 2.05) is 42.5 Å². The van der Waals surface area contributed by atoms with Gasteiger partial charge in [-0.2, -0.15) is 0 Å². The average Bonchev–Trinajstić information content (AvgIpc) is 2.98. The molecule has 9 nitrogen and oxygen atoms in total. The lowest BCUT2D eigenvalue weighted by Crippen LogP contribution is -2.62. The number of ether oxygens (including phenoxy) is 1. The predicted octanol–water partition coefficient (Wildman–Crippen LogP) is 3.38. The van der Waals surface area contributed by atoms with E-state index in [1.54, 1.807) is 7.05 Å². The number of hydrogen-bond acceptors (Lipinski definition) is 6. The highest BCUT2D eigenvalue weighted by Gasteiger charge is 2.42. The van der Waals surface area contributed by atoms with Crippen LogP contribution in [0.5, 0.6) is 5.75 Å². The van der Waals surface area contributed by atoms with Crippen molar-refractivity contribution in [2.75, 3.05) is 33.3 Å². The van der Waals surface area contributed by atoms with Crippen molar-refractivity contribution >= 4 is 17.7 Å². The van der Waals surface area contributed by atoms with Crippen molar-refractivity contribution in [3.05, 3.63) is 65.7 Å². The predicted molar refractivity (Wildman–Crippen MR) is 169 cm³/mol. The second-order valence-electron chi connectivity index (χ2n) is 12.1. The Hall–Kier alpha value is -3.43. The largest absolute Gasteiger partial charge is 0.492 e. The van der Waals surface area contributed by atoms with E-state index in [4.69, 9.17) is 4.74 Å². The monoisotopic (exact) mass is 594 g/mol. The van der Waals surface area contributed by atoms with E-state index in [0.29, 0.717) is 19.7 Å². The molecule has 0 saturated heterocycles. The number of nitrogens with zero attached hydrogens (tertiary/aromatic N) is 1. The fourth-order valence-corrected chi connectivity index (χ4v) is 5.83. The zero-order valence-corrected chi connectivity index (χ0v) is 26.2. The number of likely N-dealkylation sites (N-methyl/N-ethyl adjacent to an activating group) is 1. The number of fused-ring (bicyclic) bond motifs is 1. The Bertz CT molecular complexity index is 1160. The second-order valence-corrected chi connectivity index (χ2v) is 12.1. The van der Waals surface area contributed by atoms with Gasteiger partial charge in [-0.3, -0.25) is 14.4 Å². The summed E-state index contributed by atoms with van der Waals surface area (Å²) in [7, 11) is 1.55. The lowest BCUT2D eigenvalue weighted by molar-refractivity contribution is -0.150. The number of para-hydroxylation sites is 1. The molecule has 0 spiro atoms. The highest BCUT2D eigenvalue weighted by molar-refractivity contribution is 5.92. The van der Waals surface area contributed by atoms with Gasteiger partial charge >= 0.3 is 0 Å². The Morgan fingerprint density at radius 3 is 2.21 bits per heavy atom. The van der Waals surface area contributed by atoms with E-state index in [0.717, 1.165) is 56.3 Å². The summed E-state index contributed by atoms with van der Waals surface area (Å²) < 4.78 is 6.07. The summed E-state index contributed by atoms with van der Waals surface area (Å²) in [4.78, 5) is 40.5. The SMILES string of the molecule is CN1C(=O)C(C2CCCCC2)NCCOc2ccccc2CCCNC(=O)CNC(=O)C1C(C)(C)O.Cc1ccccc1. The van der Waals surface area contributed by atoms with E-state index in [-0.39, 0.29) is 24.3 Å². The molecule has 1 heterocycles. The third-order valence-electron chi connectivity index (χ3n) is 8.04. The van der Waals surface area contributed by atoms with E-state index in [1.165, 1.54) is 24.3 Å². The first-order valence-corrected chi connectivity index (χ1v) is 15.6. The molecule has 1 fully saturated rings. The fourth-order valence-electron chi connectivity index (χ4n) is 5.83. The van der Waals surface area contributed by atoms with E-state index in [2.05, 4.69) is 35.0 Å². The van der Waals surface area contributed by atoms with Gasteiger partial charge in [0, 0.05) is 20.1 Å². The zero-order valence-electron chi connectivity index (χ0n) is 26.2. The molecule has 2 aromatic rings. The zero-order chi connectivity index (χ0) is 31.2. The average molecular weight is 595 g/mol. The number of carbonyl (C=O) groups excluding carboxylic acids is 3. The van der Waals surface area contributed by atoms with Crippen LogP contribution in [-0.4, -0.2) is 78.7 Å². The molecule has 236 valence electrons. The van der Waals surface area contributed by atoms with Crippen molar-refractivity contribution in [3.63, 3.8) is 0 Å². The molecule has 0 bridgehead atoms. The number of aryl methyl sites for hydroxylation is 2. The van der Waals surface area contributed by atoms with Crippen LogP contribution >= 0.6 is 0 Å². The Labute approximate surface area is 256 Å². The van der Waals surface area contributed by atoms with Crippen molar-refractivity contribution in [2.45, 2.75) is 83.4 Å². The summed E-state index contributed by atoms with van der Waals surface area (Å²) >= 11 is 0. The number of benzene rings is 2. The summed E-state index contributed by atoms with van der Waals surface area (Å²) in [5.41, 5.74) is 0.881. The Balaban J connectivity index is 0.000000633. The van der Waals surface area contributed by atoms with Crippen molar-refractivity contribution in [2.24, 2.45) is 5.92 Å². The summed E-state index contributed by atoms with van der Waals surface area (Å²) in [6, 6.07) is 16.5. The van der Waals surface area contributed by atoms with E-state index in [9.17, 15) is 19.5 Å². The van der Waals surface area contributed by atoms with Crippen molar-refractivity contribution < 1.29 is 24.2 Å². The van der Waals surface area contributed by atoms with Gasteiger partial charge in [0.1, 0.15) is 18.4 Å². The molecular formula is C34H50N4O5. The summed E-state index contributed by atoms with van der Waals surface area (Å²) in [5, 5.41) is 19.6. The molecule has 2 aliphatic rings. The smallest absolute Gasteiger partial charge is 0.246 e. The molecule has 1 saturated carbocycles. The first-order valence-electron chi connectivity index (χ1n) is 15.6. The van der Waals surface area contributed by atoms with Crippen LogP contribution in [0, 0.1) is 12.8 Å². The second kappa shape index (κ2) is 17.0. The van der Waals surface area contributed by atoms with E-state index >= 15 is 0 Å². The Kier molecular flexibility index (Phi) is 13.5. The lowest BCUT2D eigenvalue weighted by Gasteiger charge is -2.39. The summed E-state index contributed by atoms with van der Waals surface area (Å²) in [6.07, 6.45) is 6.62. The molecule has 43 heavy (non-hydrogen) atoms. The van der Waals surface area contributed by atoms with Crippen LogP contribution in [0.1, 0.15) is 63.5 Å². The fraction of sp³-hybridized carbons (Fsp3) is 0.559. The van der Waals surface area contributed by atoms with Gasteiger partial charge in [-0.25, -0.2) is 0 Å². The molecule has 0 radical (unpaired) electrons. The van der Waals surface area contributed by atoms with Crippen LogP contribution in [-0.2, 0) is 20.8 Å². The standard InChI is InChI=1S/C27H42N4O5.C7H8/c1-27(2,35)24-25(33)30-18-22(32)28-15-9-13-19-10-7-8-14-21(19)36-17-16-29-23(26(34)31(24)3)20-11-5-4-6-12-20;1-7-5-3-2-4-6-7/h7-8,10,14,20,23-24,29,35H,4-6,9,11-13,15-18H2,1-3H3,(H,28,32)(H,30,33);2-6H,1H3. The molecule has 9 heteroatoms. The van der Waals surface area contributed by atoms with Crippen LogP contribution in [0.25, 0.3) is 0 Å². The van der Waals surface area contributed by atoms with Crippen molar-refractivity contribution in [3.8, 4) is 5.75 Å². The normalized spacial score (nSPS) is 22.0. The van der Waals surface area contributed by atoms with Gasteiger partial charge in [0.05, 0.1) is 18.2 Å². The molecule has 2 unspecified atom stereocenters. The van der Waals surface area contributed by atoms with Gasteiger partial charge in [-0.1, -0.05) is 73.4 Å². The first kappa shape index (κ1) is 34.1. The topological polar surface area (TPSA) is 120 Å². The van der Waals surface area contributed by atoms with Gasteiger partial charge in [0.25, 0.3) is 0 Å². The number of nitrogens with one attached hydrogen (secondary N) is 3. The number of aliphatic hydroxyl groups is 1. The Morgan fingerprint density at radius 1 is 0.884 bits per heavy atom. The number of amides is 3. The van der Waals surface area contributed by atoms with Crippen LogP contribution in [0.15, 0.2) is 54.6 Å². The van der Waals surface area contributed by atoms with Crippen molar-refractivity contribution in [1.82, 2.24) is 20.9 Å². The minimum atomic E-state index is -1.50. The van der Waals surface area contributed by atoms with Crippen LogP contribution in [0.2, 0.25) is 0 Å². The number of rotatable bonds is 2. The van der Waals surface area contributed by atoms with Crippen LogP contribution in [0.3, 0.4) is 0 Å². The van der Waals surface area contributed by atoms with Gasteiger partial charge < -0.3 is 30.7 Å². The maximum Gasteiger partial charge on any atom is 0.246 e. The number of hydrogen-bond donors (Lipinski definition) is 4. The molecule has 1 aliphatic heterocycles. The van der Waals surface area contributed by atoms with Crippen LogP contribution < -0.4 is 20.7 Å². The highest BCUT2D eigenvalue weighted by Crippen LogP contribution is 2.28. The van der Waals surface area contributed by atoms with Gasteiger partial charge in [0.15, 0.2) is 0 Å². The summed E-state index contributed by atoms with van der Waals surface area (Å²) in [5.74, 6) is -0.176. The third-order valence-corrected chi connectivity index (χ3v) is 8.04. The molecule has 2 aromatic carbocycles. The maximum atomic E-state index is 13.8. The molecule has 4 N–H and O–H groups in total. The van der Waals surface area contributed by atoms with Gasteiger partial charge in [-0.15, -0.1) is 0 Å². The van der Waals surface area contributed by atoms with E-state index < -0.39 is 23.6 Å². The van der Waals surface area contributed by atoms with Gasteiger partial charge in [0.2, 0.25) is 17.7 Å². The number of carbonyl (C=O) groups is 3. The highest BCUT2D eigenvalue weighted by atomic mass is 16.5. The molecule has 0 aromatic heterocycles. The molecular weight excluding hydrogens is 544 g/mol. The Morgan fingerprint density at radius 2 is 1.56 bits per heavy atom. The first-order chi connectivity index (χ1) is 20.6. The lowest BCUT2D eigenvalue weighted by atomic mass is 9.82. The summed E-state index contributed by atoms with van der Waals surface area (Å²) in [6.45, 7) is 6.19. The molecule has 4 rings (SSSR count).